The zero-order valence-electron chi connectivity index (χ0n) is 19.5. The van der Waals surface area contributed by atoms with Crippen LogP contribution in [0, 0.1) is 0 Å². The molecule has 1 aromatic rings. The predicted molar refractivity (Wildman–Crippen MR) is 123 cm³/mol. The van der Waals surface area contributed by atoms with Crippen molar-refractivity contribution in [2.45, 2.75) is 6.42 Å². The number of nitrogens with two attached hydrogens (primary N) is 1. The molecular weight excluding hydrogens is 448 g/mol. The largest absolute Gasteiger partial charge is 0.495 e. The third-order valence-electron chi connectivity index (χ3n) is 4.70. The Balaban J connectivity index is 1.62. The summed E-state index contributed by atoms with van der Waals surface area (Å²) in [6, 6.07) is 4.22. The highest BCUT2D eigenvalue weighted by Crippen LogP contribution is 2.30. The normalized spacial score (nSPS) is 13.6. The van der Waals surface area contributed by atoms with Crippen molar-refractivity contribution in [1.29, 1.82) is 0 Å². The highest BCUT2D eigenvalue weighted by molar-refractivity contribution is 6.07. The Labute approximate surface area is 199 Å². The maximum absolute atomic E-state index is 12.5. The highest BCUT2D eigenvalue weighted by atomic mass is 16.6. The molecule has 1 aliphatic rings. The molecule has 12 nitrogen and oxygen atoms in total. The van der Waals surface area contributed by atoms with Crippen molar-refractivity contribution >= 4 is 23.5 Å². The van der Waals surface area contributed by atoms with E-state index in [1.165, 1.54) is 12.0 Å². The van der Waals surface area contributed by atoms with Crippen molar-refractivity contribution in [3.05, 3.63) is 23.8 Å². The molecule has 1 saturated heterocycles. The van der Waals surface area contributed by atoms with Gasteiger partial charge in [-0.1, -0.05) is 0 Å². The first-order chi connectivity index (χ1) is 16.6. The number of urea groups is 1. The Morgan fingerprint density at radius 3 is 2.21 bits per heavy atom. The van der Waals surface area contributed by atoms with Crippen molar-refractivity contribution in [1.82, 2.24) is 10.6 Å². The summed E-state index contributed by atoms with van der Waals surface area (Å²) in [6.07, 6.45) is 0.170. The highest BCUT2D eigenvalue weighted by Gasteiger charge is 2.27. The van der Waals surface area contributed by atoms with Crippen LogP contribution in [0.5, 0.6) is 5.75 Å². The number of nitrogens with one attached hydrogen (secondary N) is 2. The summed E-state index contributed by atoms with van der Waals surface area (Å²) in [5, 5.41) is 5.03. The minimum atomic E-state index is -0.550. The number of rotatable bonds is 17. The van der Waals surface area contributed by atoms with Gasteiger partial charge in [-0.2, -0.15) is 0 Å². The molecule has 0 spiro atoms. The lowest BCUT2D eigenvalue weighted by molar-refractivity contribution is -0.120. The Bertz CT molecular complexity index is 792. The number of hydrogen-bond donors (Lipinski definition) is 3. The fraction of sp³-hybridized carbons (Fsp3) is 0.591. The Morgan fingerprint density at radius 2 is 1.62 bits per heavy atom. The van der Waals surface area contributed by atoms with Gasteiger partial charge in [0.25, 0.3) is 5.91 Å². The van der Waals surface area contributed by atoms with E-state index >= 15 is 0 Å². The van der Waals surface area contributed by atoms with E-state index < -0.39 is 6.03 Å². The van der Waals surface area contributed by atoms with Gasteiger partial charge in [-0.15, -0.1) is 0 Å². The number of hydrogen-bond acceptors (Lipinski definition) is 9. The lowest BCUT2D eigenvalue weighted by atomic mass is 10.1. The first kappa shape index (κ1) is 27.5. The van der Waals surface area contributed by atoms with Crippen LogP contribution in [0.3, 0.4) is 0 Å². The van der Waals surface area contributed by atoms with Crippen LogP contribution in [0.25, 0.3) is 0 Å². The molecule has 0 atom stereocenters. The van der Waals surface area contributed by atoms with Gasteiger partial charge in [0.15, 0.2) is 0 Å². The molecule has 1 fully saturated rings. The molecule has 0 aromatic heterocycles. The number of ether oxygens (including phenoxy) is 5. The molecule has 0 radical (unpaired) electrons. The first-order valence-corrected chi connectivity index (χ1v) is 11.2. The minimum Gasteiger partial charge on any atom is -0.495 e. The van der Waals surface area contributed by atoms with Crippen molar-refractivity contribution < 1.29 is 38.1 Å². The number of methoxy groups -OCH3 is 1. The zero-order chi connectivity index (χ0) is 24.6. The van der Waals surface area contributed by atoms with E-state index in [0.29, 0.717) is 82.9 Å². The lowest BCUT2D eigenvalue weighted by Gasteiger charge is -2.28. The van der Waals surface area contributed by atoms with Crippen LogP contribution in [0.15, 0.2) is 18.2 Å². The van der Waals surface area contributed by atoms with E-state index in [4.69, 9.17) is 29.4 Å². The van der Waals surface area contributed by atoms with Gasteiger partial charge in [-0.05, 0) is 18.2 Å². The van der Waals surface area contributed by atoms with E-state index in [1.807, 2.05) is 0 Å². The van der Waals surface area contributed by atoms with E-state index in [1.54, 1.807) is 18.2 Å². The van der Waals surface area contributed by atoms with Crippen molar-refractivity contribution in [3.63, 3.8) is 0 Å². The molecule has 12 heteroatoms. The number of imide groups is 1. The lowest BCUT2D eigenvalue weighted by Crippen LogP contribution is -2.49. The van der Waals surface area contributed by atoms with E-state index in [2.05, 4.69) is 10.6 Å². The van der Waals surface area contributed by atoms with Gasteiger partial charge in [0.2, 0.25) is 5.91 Å². The second kappa shape index (κ2) is 16.0. The second-order valence-corrected chi connectivity index (χ2v) is 7.14. The molecule has 1 aliphatic heterocycles. The molecule has 4 amide bonds. The second-order valence-electron chi connectivity index (χ2n) is 7.14. The van der Waals surface area contributed by atoms with E-state index in [0.717, 1.165) is 0 Å². The molecule has 1 aromatic carbocycles. The number of nitrogens with zero attached hydrogens (tertiary/aromatic N) is 1. The average Bonchev–Trinajstić information content (AvgIpc) is 2.83. The summed E-state index contributed by atoms with van der Waals surface area (Å²) in [5.41, 5.74) is 6.09. The Morgan fingerprint density at radius 1 is 1.00 bits per heavy atom. The molecular formula is C22H34N4O8. The molecule has 0 bridgehead atoms. The van der Waals surface area contributed by atoms with Crippen molar-refractivity contribution in [3.8, 4) is 5.75 Å². The minimum absolute atomic E-state index is 0.170. The van der Waals surface area contributed by atoms with Gasteiger partial charge in [0.05, 0.1) is 65.7 Å². The molecule has 34 heavy (non-hydrogen) atoms. The first-order valence-electron chi connectivity index (χ1n) is 11.2. The number of benzene rings is 1. The fourth-order valence-corrected chi connectivity index (χ4v) is 3.02. The molecule has 0 aliphatic carbocycles. The maximum atomic E-state index is 12.5. The smallest absolute Gasteiger partial charge is 0.328 e. The van der Waals surface area contributed by atoms with Crippen LogP contribution in [0.2, 0.25) is 0 Å². The van der Waals surface area contributed by atoms with Crippen molar-refractivity contribution in [2.75, 3.05) is 84.5 Å². The monoisotopic (exact) mass is 482 g/mol. The standard InChI is InChI=1S/C22H34N4O8/c1-30-19-3-2-17(16-18(19)26-7-4-20(27)25-22(26)29)21(28)24-6-9-32-11-13-34-15-14-33-12-10-31-8-5-23/h2-3,16H,4-15,23H2,1H3,(H,24,28)(H,25,27,29). The summed E-state index contributed by atoms with van der Waals surface area (Å²) < 4.78 is 26.7. The van der Waals surface area contributed by atoms with Gasteiger partial charge >= 0.3 is 6.03 Å². The topological polar surface area (TPSA) is 151 Å². The number of carbonyl (C=O) groups excluding carboxylic acids is 3. The van der Waals surface area contributed by atoms with Crippen LogP contribution >= 0.6 is 0 Å². The van der Waals surface area contributed by atoms with Gasteiger partial charge in [-0.25, -0.2) is 4.79 Å². The van der Waals surface area contributed by atoms with Gasteiger partial charge in [0, 0.05) is 31.6 Å². The summed E-state index contributed by atoms with van der Waals surface area (Å²) in [7, 11) is 1.47. The maximum Gasteiger partial charge on any atom is 0.328 e. The number of carbonyl (C=O) groups is 3. The average molecular weight is 483 g/mol. The van der Waals surface area contributed by atoms with Gasteiger partial charge in [0.1, 0.15) is 5.75 Å². The SMILES string of the molecule is COc1ccc(C(=O)NCCOCCOCCOCCOCCN)cc1N1CCC(=O)NC1=O. The van der Waals surface area contributed by atoms with Crippen LogP contribution < -0.4 is 26.0 Å². The van der Waals surface area contributed by atoms with Crippen LogP contribution in [0.4, 0.5) is 10.5 Å². The predicted octanol–water partition coefficient (Wildman–Crippen LogP) is -0.104. The van der Waals surface area contributed by atoms with Gasteiger partial charge in [-0.3, -0.25) is 19.8 Å². The van der Waals surface area contributed by atoms with Crippen LogP contribution in [-0.2, 0) is 23.7 Å². The molecule has 190 valence electrons. The molecule has 0 saturated carbocycles. The molecule has 1 heterocycles. The van der Waals surface area contributed by atoms with Crippen molar-refractivity contribution in [2.24, 2.45) is 5.73 Å². The number of amides is 4. The Kier molecular flexibility index (Phi) is 12.9. The third-order valence-corrected chi connectivity index (χ3v) is 4.70. The third kappa shape index (κ3) is 9.61. The molecule has 0 unspecified atom stereocenters. The summed E-state index contributed by atoms with van der Waals surface area (Å²) >= 11 is 0. The van der Waals surface area contributed by atoms with Crippen LogP contribution in [-0.4, -0.2) is 97.4 Å². The fourth-order valence-electron chi connectivity index (χ4n) is 3.02. The van der Waals surface area contributed by atoms with E-state index in [-0.39, 0.29) is 24.8 Å². The van der Waals surface area contributed by atoms with Gasteiger partial charge < -0.3 is 34.7 Å². The molecule has 4 N–H and O–H groups in total. The summed E-state index contributed by atoms with van der Waals surface area (Å²) in [4.78, 5) is 37.4. The summed E-state index contributed by atoms with van der Waals surface area (Å²) in [5.74, 6) is -0.225. The molecule has 2 rings (SSSR count). The summed E-state index contributed by atoms with van der Waals surface area (Å²) in [6.45, 7) is 4.62. The number of anilines is 1. The Hall–Kier alpha value is -2.77. The zero-order valence-corrected chi connectivity index (χ0v) is 19.5. The van der Waals surface area contributed by atoms with E-state index in [9.17, 15) is 14.4 Å². The van der Waals surface area contributed by atoms with Crippen LogP contribution in [0.1, 0.15) is 16.8 Å². The quantitative estimate of drug-likeness (QED) is 0.259.